The Hall–Kier alpha value is -7.43. The summed E-state index contributed by atoms with van der Waals surface area (Å²) < 4.78 is 6.20. The zero-order valence-electron chi connectivity index (χ0n) is 29.6. The summed E-state index contributed by atoms with van der Waals surface area (Å²) in [6.45, 7) is 0. The molecule has 0 saturated heterocycles. The van der Waals surface area contributed by atoms with Crippen LogP contribution in [-0.4, -0.2) is 15.0 Å². The first-order chi connectivity index (χ1) is 27.2. The van der Waals surface area contributed by atoms with Crippen molar-refractivity contribution in [2.24, 2.45) is 0 Å². The van der Waals surface area contributed by atoms with E-state index in [4.69, 9.17) is 19.4 Å². The summed E-state index contributed by atoms with van der Waals surface area (Å²) in [5, 5.41) is 9.15. The molecule has 0 fully saturated rings. The molecule has 0 saturated carbocycles. The minimum Gasteiger partial charge on any atom is -0.456 e. The molecule has 0 aliphatic carbocycles. The zero-order chi connectivity index (χ0) is 36.3. The van der Waals surface area contributed by atoms with Gasteiger partial charge >= 0.3 is 0 Å². The Balaban J connectivity index is 1.08. The average molecular weight is 702 g/mol. The molecule has 9 aromatic carbocycles. The van der Waals surface area contributed by atoms with Crippen molar-refractivity contribution in [3.05, 3.63) is 188 Å². The van der Waals surface area contributed by atoms with Crippen LogP contribution in [0.1, 0.15) is 0 Å². The lowest BCUT2D eigenvalue weighted by molar-refractivity contribution is 0.669. The largest absolute Gasteiger partial charge is 0.456 e. The van der Waals surface area contributed by atoms with E-state index in [0.29, 0.717) is 17.5 Å². The van der Waals surface area contributed by atoms with Crippen LogP contribution in [-0.2, 0) is 0 Å². The van der Waals surface area contributed by atoms with E-state index < -0.39 is 0 Å². The second kappa shape index (κ2) is 12.6. The predicted molar refractivity (Wildman–Crippen MR) is 227 cm³/mol. The molecule has 0 amide bonds. The van der Waals surface area contributed by atoms with Crippen LogP contribution in [0.3, 0.4) is 0 Å². The average Bonchev–Trinajstić information content (AvgIpc) is 3.62. The molecule has 0 N–H and O–H groups in total. The van der Waals surface area contributed by atoms with Gasteiger partial charge in [0.2, 0.25) is 0 Å². The van der Waals surface area contributed by atoms with Crippen LogP contribution in [0.15, 0.2) is 192 Å². The van der Waals surface area contributed by atoms with Crippen molar-refractivity contribution in [2.45, 2.75) is 0 Å². The lowest BCUT2D eigenvalue weighted by atomic mass is 9.95. The number of hydrogen-bond acceptors (Lipinski definition) is 4. The van der Waals surface area contributed by atoms with Gasteiger partial charge in [-0.1, -0.05) is 146 Å². The molecule has 4 nitrogen and oxygen atoms in total. The first-order valence-electron chi connectivity index (χ1n) is 18.5. The van der Waals surface area contributed by atoms with Crippen LogP contribution in [0, 0.1) is 0 Å². The maximum atomic E-state index is 6.20. The maximum absolute atomic E-state index is 6.20. The molecule has 0 spiro atoms. The van der Waals surface area contributed by atoms with Crippen molar-refractivity contribution < 1.29 is 4.42 Å². The Morgan fingerprint density at radius 2 is 0.836 bits per heavy atom. The molecule has 0 atom stereocenters. The van der Waals surface area contributed by atoms with Crippen LogP contribution in [0.5, 0.6) is 0 Å². The first-order valence-corrected chi connectivity index (χ1v) is 18.5. The number of aromatic nitrogens is 3. The van der Waals surface area contributed by atoms with E-state index in [1.165, 1.54) is 21.7 Å². The molecular weight excluding hydrogens is 671 g/mol. The molecule has 0 aliphatic rings. The van der Waals surface area contributed by atoms with E-state index in [1.807, 2.05) is 12.1 Å². The fourth-order valence-electron chi connectivity index (χ4n) is 7.85. The molecule has 4 heteroatoms. The molecule has 2 aromatic heterocycles. The van der Waals surface area contributed by atoms with Gasteiger partial charge in [-0.15, -0.1) is 0 Å². The summed E-state index contributed by atoms with van der Waals surface area (Å²) in [6, 6.07) is 66.0. The van der Waals surface area contributed by atoms with Crippen LogP contribution in [0.2, 0.25) is 0 Å². The highest BCUT2D eigenvalue weighted by Crippen LogP contribution is 2.37. The van der Waals surface area contributed by atoms with Gasteiger partial charge in [0.1, 0.15) is 11.2 Å². The Bertz CT molecular complexity index is 3260. The van der Waals surface area contributed by atoms with Gasteiger partial charge in [-0.3, -0.25) is 0 Å². The van der Waals surface area contributed by atoms with Crippen molar-refractivity contribution >= 4 is 54.3 Å². The van der Waals surface area contributed by atoms with Gasteiger partial charge in [-0.25, -0.2) is 15.0 Å². The molecule has 11 aromatic rings. The second-order valence-corrected chi connectivity index (χ2v) is 14.1. The van der Waals surface area contributed by atoms with Crippen molar-refractivity contribution in [1.29, 1.82) is 0 Å². The van der Waals surface area contributed by atoms with Crippen LogP contribution >= 0.6 is 0 Å². The summed E-state index contributed by atoms with van der Waals surface area (Å²) >= 11 is 0. The Morgan fingerprint density at radius 1 is 0.273 bits per heavy atom. The van der Waals surface area contributed by atoms with E-state index in [9.17, 15) is 0 Å². The normalized spacial score (nSPS) is 11.6. The summed E-state index contributed by atoms with van der Waals surface area (Å²) in [6.07, 6.45) is 0. The Kier molecular flexibility index (Phi) is 7.14. The lowest BCUT2D eigenvalue weighted by Crippen LogP contribution is -2.00. The van der Waals surface area contributed by atoms with Gasteiger partial charge in [0.25, 0.3) is 0 Å². The summed E-state index contributed by atoms with van der Waals surface area (Å²) in [5.74, 6) is 1.86. The van der Waals surface area contributed by atoms with Gasteiger partial charge < -0.3 is 4.42 Å². The zero-order valence-corrected chi connectivity index (χ0v) is 29.6. The van der Waals surface area contributed by atoms with E-state index in [-0.39, 0.29) is 0 Å². The molecule has 0 unspecified atom stereocenters. The standard InChI is InChI=1S/C51H31N3O/c1-2-11-34(12-3-1)45-30-42(27-39-14-6-7-15-43(39)45)51-53-49(35-21-18-33(19-22-35)37-23-20-32-10-4-5-13-36(32)26-37)52-50(54-51)40-25-24-38-31-48-46(29-41(38)28-40)44-16-8-9-17-47(44)55-48/h1-31H. The highest BCUT2D eigenvalue weighted by molar-refractivity contribution is 6.10. The third-order valence-corrected chi connectivity index (χ3v) is 10.7. The highest BCUT2D eigenvalue weighted by Gasteiger charge is 2.16. The van der Waals surface area contributed by atoms with E-state index >= 15 is 0 Å². The molecule has 256 valence electrons. The summed E-state index contributed by atoms with van der Waals surface area (Å²) in [4.78, 5) is 15.5. The molecule has 2 heterocycles. The van der Waals surface area contributed by atoms with Crippen LogP contribution < -0.4 is 0 Å². The SMILES string of the molecule is c1ccc(-c2cc(-c3nc(-c4ccc(-c5ccc6ccccc6c5)cc4)nc(-c4ccc5cc6oc7ccccc7c6cc5c4)n3)cc3ccccc23)cc1. The quantitative estimate of drug-likeness (QED) is 0.179. The Labute approximate surface area is 317 Å². The fourth-order valence-corrected chi connectivity index (χ4v) is 7.85. The smallest absolute Gasteiger partial charge is 0.164 e. The monoisotopic (exact) mass is 701 g/mol. The topological polar surface area (TPSA) is 51.8 Å². The van der Waals surface area contributed by atoms with E-state index in [0.717, 1.165) is 71.5 Å². The number of para-hydroxylation sites is 1. The van der Waals surface area contributed by atoms with Gasteiger partial charge in [0.05, 0.1) is 0 Å². The fraction of sp³-hybridized carbons (Fsp3) is 0. The van der Waals surface area contributed by atoms with Gasteiger partial charge in [0.15, 0.2) is 17.5 Å². The predicted octanol–water partition coefficient (Wildman–Crippen LogP) is 13.6. The number of furan rings is 1. The third-order valence-electron chi connectivity index (χ3n) is 10.7. The van der Waals surface area contributed by atoms with E-state index in [2.05, 4.69) is 176 Å². The van der Waals surface area contributed by atoms with Crippen LogP contribution in [0.25, 0.3) is 111 Å². The van der Waals surface area contributed by atoms with Crippen molar-refractivity contribution in [3.63, 3.8) is 0 Å². The first kappa shape index (κ1) is 31.1. The number of rotatable bonds is 5. The van der Waals surface area contributed by atoms with E-state index in [1.54, 1.807) is 0 Å². The number of fused-ring (bicyclic) bond motifs is 6. The minimum atomic E-state index is 0.618. The van der Waals surface area contributed by atoms with Crippen molar-refractivity contribution in [2.75, 3.05) is 0 Å². The van der Waals surface area contributed by atoms with Gasteiger partial charge in [0, 0.05) is 27.5 Å². The summed E-state index contributed by atoms with van der Waals surface area (Å²) in [5.41, 5.74) is 9.13. The highest BCUT2D eigenvalue weighted by atomic mass is 16.3. The van der Waals surface area contributed by atoms with Crippen molar-refractivity contribution in [3.8, 4) is 56.4 Å². The Morgan fingerprint density at radius 3 is 1.67 bits per heavy atom. The van der Waals surface area contributed by atoms with Gasteiger partial charge in [-0.05, 0) is 97.0 Å². The number of benzene rings is 9. The number of hydrogen-bond donors (Lipinski definition) is 0. The molecule has 55 heavy (non-hydrogen) atoms. The number of nitrogens with zero attached hydrogens (tertiary/aromatic N) is 3. The van der Waals surface area contributed by atoms with Crippen LogP contribution in [0.4, 0.5) is 0 Å². The lowest BCUT2D eigenvalue weighted by Gasteiger charge is -2.13. The molecule has 0 radical (unpaired) electrons. The summed E-state index contributed by atoms with van der Waals surface area (Å²) in [7, 11) is 0. The minimum absolute atomic E-state index is 0.618. The molecular formula is C51H31N3O. The van der Waals surface area contributed by atoms with Gasteiger partial charge in [-0.2, -0.15) is 0 Å². The van der Waals surface area contributed by atoms with Crippen molar-refractivity contribution in [1.82, 2.24) is 15.0 Å². The molecule has 0 aliphatic heterocycles. The maximum Gasteiger partial charge on any atom is 0.164 e. The molecule has 0 bridgehead atoms. The second-order valence-electron chi connectivity index (χ2n) is 14.1. The molecule has 11 rings (SSSR count). The third kappa shape index (κ3) is 5.51.